The first-order valence-corrected chi connectivity index (χ1v) is 7.11. The molecule has 0 unspecified atom stereocenters. The lowest BCUT2D eigenvalue weighted by Gasteiger charge is -2.20. The summed E-state index contributed by atoms with van der Waals surface area (Å²) in [7, 11) is 1.92. The van der Waals surface area contributed by atoms with Crippen LogP contribution in [-0.4, -0.2) is 30.2 Å². The molecular weight excluding hydrogens is 226 g/mol. The second kappa shape index (κ2) is 9.11. The summed E-state index contributed by atoms with van der Waals surface area (Å²) in [6, 6.07) is 2.06. The van der Waals surface area contributed by atoms with Crippen LogP contribution in [0.2, 0.25) is 0 Å². The Morgan fingerprint density at radius 3 is 2.44 bits per heavy atom. The average molecular weight is 253 g/mol. The molecular formula is C14H27N3O. The van der Waals surface area contributed by atoms with Crippen LogP contribution in [-0.2, 0) is 13.1 Å². The van der Waals surface area contributed by atoms with Gasteiger partial charge in [-0.3, -0.25) is 4.90 Å². The summed E-state index contributed by atoms with van der Waals surface area (Å²) in [6.07, 6.45) is 4.98. The summed E-state index contributed by atoms with van der Waals surface area (Å²) in [6.45, 7) is 8.43. The van der Waals surface area contributed by atoms with Crippen LogP contribution in [0.25, 0.3) is 0 Å². The molecule has 0 aliphatic rings. The van der Waals surface area contributed by atoms with Crippen molar-refractivity contribution in [2.75, 3.05) is 20.1 Å². The highest BCUT2D eigenvalue weighted by Crippen LogP contribution is 2.09. The maximum absolute atomic E-state index is 5.38. The van der Waals surface area contributed by atoms with Crippen molar-refractivity contribution in [3.8, 4) is 0 Å². The molecule has 0 atom stereocenters. The van der Waals surface area contributed by atoms with Gasteiger partial charge in [0, 0.05) is 12.6 Å². The molecule has 1 aromatic heterocycles. The Labute approximate surface area is 111 Å². The second-order valence-corrected chi connectivity index (χ2v) is 4.80. The van der Waals surface area contributed by atoms with Gasteiger partial charge >= 0.3 is 0 Å². The molecule has 0 aliphatic carbocycles. The maximum atomic E-state index is 5.38. The molecule has 0 spiro atoms. The zero-order chi connectivity index (χ0) is 13.2. The van der Waals surface area contributed by atoms with Gasteiger partial charge in [0.1, 0.15) is 0 Å². The molecule has 4 heteroatoms. The van der Waals surface area contributed by atoms with E-state index >= 15 is 0 Å². The molecule has 1 N–H and O–H groups in total. The van der Waals surface area contributed by atoms with Gasteiger partial charge in [0.15, 0.2) is 5.76 Å². The molecule has 1 rings (SSSR count). The molecule has 104 valence electrons. The minimum atomic E-state index is 0.771. The third-order valence-corrected chi connectivity index (χ3v) is 3.00. The third-order valence-electron chi connectivity index (χ3n) is 3.00. The molecule has 0 radical (unpaired) electrons. The van der Waals surface area contributed by atoms with Gasteiger partial charge in [0.25, 0.3) is 0 Å². The monoisotopic (exact) mass is 253 g/mol. The average Bonchev–Trinajstić information content (AvgIpc) is 2.80. The van der Waals surface area contributed by atoms with Crippen molar-refractivity contribution in [2.24, 2.45) is 0 Å². The van der Waals surface area contributed by atoms with Gasteiger partial charge in [-0.25, -0.2) is 0 Å². The van der Waals surface area contributed by atoms with Crippen LogP contribution in [0.4, 0.5) is 0 Å². The molecule has 1 heterocycles. The Bertz CT molecular complexity index is 304. The van der Waals surface area contributed by atoms with Crippen molar-refractivity contribution in [1.82, 2.24) is 15.4 Å². The minimum Gasteiger partial charge on any atom is -0.360 e. The first-order chi connectivity index (χ1) is 8.80. The summed E-state index contributed by atoms with van der Waals surface area (Å²) < 4.78 is 5.38. The Morgan fingerprint density at radius 2 is 1.89 bits per heavy atom. The minimum absolute atomic E-state index is 0.771. The highest BCUT2D eigenvalue weighted by molar-refractivity contribution is 5.04. The van der Waals surface area contributed by atoms with Crippen molar-refractivity contribution < 1.29 is 4.52 Å². The molecule has 4 nitrogen and oxygen atoms in total. The van der Waals surface area contributed by atoms with Gasteiger partial charge < -0.3 is 9.84 Å². The van der Waals surface area contributed by atoms with Crippen molar-refractivity contribution >= 4 is 0 Å². The Hall–Kier alpha value is -0.870. The van der Waals surface area contributed by atoms with E-state index in [0.717, 1.165) is 37.6 Å². The largest absolute Gasteiger partial charge is 0.360 e. The van der Waals surface area contributed by atoms with Crippen molar-refractivity contribution in [2.45, 2.75) is 52.6 Å². The summed E-state index contributed by atoms with van der Waals surface area (Å²) in [5.74, 6) is 0.979. The highest BCUT2D eigenvalue weighted by Gasteiger charge is 2.09. The molecule has 0 saturated carbocycles. The Kier molecular flexibility index (Phi) is 7.69. The summed E-state index contributed by atoms with van der Waals surface area (Å²) in [5.41, 5.74) is 0.985. The lowest BCUT2D eigenvalue weighted by Crippen LogP contribution is -2.25. The van der Waals surface area contributed by atoms with E-state index in [9.17, 15) is 0 Å². The predicted octanol–water partition coefficient (Wildman–Crippen LogP) is 2.80. The fraction of sp³-hybridized carbons (Fsp3) is 0.786. The van der Waals surface area contributed by atoms with Crippen LogP contribution in [0.3, 0.4) is 0 Å². The molecule has 0 amide bonds. The van der Waals surface area contributed by atoms with Crippen LogP contribution in [0.5, 0.6) is 0 Å². The number of aromatic nitrogens is 1. The second-order valence-electron chi connectivity index (χ2n) is 4.80. The number of hydrogen-bond acceptors (Lipinski definition) is 4. The number of nitrogens with zero attached hydrogens (tertiary/aromatic N) is 2. The van der Waals surface area contributed by atoms with E-state index in [2.05, 4.69) is 35.3 Å². The molecule has 0 bridgehead atoms. The van der Waals surface area contributed by atoms with Crippen molar-refractivity contribution in [3.05, 3.63) is 17.5 Å². The van der Waals surface area contributed by atoms with E-state index in [1.807, 2.05) is 7.05 Å². The van der Waals surface area contributed by atoms with Gasteiger partial charge in [-0.15, -0.1) is 0 Å². The van der Waals surface area contributed by atoms with E-state index in [4.69, 9.17) is 4.52 Å². The Balaban J connectivity index is 2.46. The number of nitrogens with one attached hydrogen (secondary N) is 1. The van der Waals surface area contributed by atoms with Crippen molar-refractivity contribution in [3.63, 3.8) is 0 Å². The van der Waals surface area contributed by atoms with Gasteiger partial charge in [-0.2, -0.15) is 0 Å². The van der Waals surface area contributed by atoms with E-state index in [0.29, 0.717) is 0 Å². The zero-order valence-corrected chi connectivity index (χ0v) is 12.0. The smallest absolute Gasteiger partial charge is 0.151 e. The number of unbranched alkanes of at least 4 members (excludes halogenated alkanes) is 2. The Morgan fingerprint density at radius 1 is 1.22 bits per heavy atom. The highest BCUT2D eigenvalue weighted by atomic mass is 16.5. The van der Waals surface area contributed by atoms with E-state index < -0.39 is 0 Å². The fourth-order valence-corrected chi connectivity index (χ4v) is 1.95. The number of hydrogen-bond donors (Lipinski definition) is 1. The van der Waals surface area contributed by atoms with E-state index in [-0.39, 0.29) is 0 Å². The fourth-order valence-electron chi connectivity index (χ4n) is 1.95. The van der Waals surface area contributed by atoms with Gasteiger partial charge in [-0.05, 0) is 33.0 Å². The normalized spacial score (nSPS) is 11.3. The first kappa shape index (κ1) is 15.2. The van der Waals surface area contributed by atoms with Gasteiger partial charge in [0.05, 0.1) is 12.2 Å². The molecule has 1 aromatic rings. The summed E-state index contributed by atoms with van der Waals surface area (Å²) >= 11 is 0. The van der Waals surface area contributed by atoms with E-state index in [1.165, 1.54) is 25.7 Å². The molecule has 18 heavy (non-hydrogen) atoms. The van der Waals surface area contributed by atoms with Crippen LogP contribution in [0, 0.1) is 0 Å². The van der Waals surface area contributed by atoms with Gasteiger partial charge in [0.2, 0.25) is 0 Å². The van der Waals surface area contributed by atoms with E-state index in [1.54, 1.807) is 0 Å². The van der Waals surface area contributed by atoms with Crippen LogP contribution in [0.15, 0.2) is 10.6 Å². The first-order valence-electron chi connectivity index (χ1n) is 7.11. The molecule has 0 aromatic carbocycles. The summed E-state index contributed by atoms with van der Waals surface area (Å²) in [5, 5.41) is 7.14. The van der Waals surface area contributed by atoms with Gasteiger partial charge in [-0.1, -0.05) is 31.8 Å². The standard InChI is InChI=1S/C14H27N3O/c1-4-6-8-17(9-7-5-2)12-14-10-13(11-15-3)16-18-14/h10,15H,4-9,11-12H2,1-3H3. The van der Waals surface area contributed by atoms with Crippen LogP contribution >= 0.6 is 0 Å². The topological polar surface area (TPSA) is 41.3 Å². The van der Waals surface area contributed by atoms with Crippen LogP contribution < -0.4 is 5.32 Å². The molecule has 0 saturated heterocycles. The quantitative estimate of drug-likeness (QED) is 0.696. The lowest BCUT2D eigenvalue weighted by atomic mass is 10.2. The van der Waals surface area contributed by atoms with Crippen molar-refractivity contribution in [1.29, 1.82) is 0 Å². The molecule has 0 aliphatic heterocycles. The summed E-state index contributed by atoms with van der Waals surface area (Å²) in [4.78, 5) is 2.47. The van der Waals surface area contributed by atoms with Crippen LogP contribution in [0.1, 0.15) is 51.0 Å². The zero-order valence-electron chi connectivity index (χ0n) is 12.0. The molecule has 0 fully saturated rings. The SMILES string of the molecule is CCCCN(CCCC)Cc1cc(CNC)no1. The third kappa shape index (κ3) is 5.65. The predicted molar refractivity (Wildman–Crippen MR) is 74.4 cm³/mol. The number of rotatable bonds is 10. The maximum Gasteiger partial charge on any atom is 0.151 e. The lowest BCUT2D eigenvalue weighted by molar-refractivity contribution is 0.224.